The van der Waals surface area contributed by atoms with Gasteiger partial charge in [-0.15, -0.1) is 0 Å². The van der Waals surface area contributed by atoms with Crippen LogP contribution in [0.5, 0.6) is 0 Å². The molecule has 11 aromatic rings. The van der Waals surface area contributed by atoms with Crippen LogP contribution in [0.4, 0.5) is 11.4 Å². The number of rotatable bonds is 7. The monoisotopic (exact) mass is 814 g/mol. The van der Waals surface area contributed by atoms with Crippen LogP contribution in [0, 0.1) is 0 Å². The molecular weight excluding hydrogens is 773 g/mol. The van der Waals surface area contributed by atoms with Crippen LogP contribution in [0.25, 0.3) is 72.0 Å². The smallest absolute Gasteiger partial charge is 0.0726 e. The number of benzene rings is 10. The summed E-state index contributed by atoms with van der Waals surface area (Å²) in [4.78, 5) is 2.52. The van der Waals surface area contributed by atoms with E-state index in [4.69, 9.17) is 0 Å². The van der Waals surface area contributed by atoms with Crippen molar-refractivity contribution in [2.24, 2.45) is 0 Å². The largest absolute Gasteiger partial charge is 0.337 e. The maximum atomic E-state index is 2.52. The van der Waals surface area contributed by atoms with Gasteiger partial charge in [0.15, 0.2) is 0 Å². The maximum absolute atomic E-state index is 2.52. The SMILES string of the molecule is c1ccc(-c2ccc(N(Cc3ccccc3-c3ccc4c5ccccc5n(-c5ccccc5)c4c3)c3ccc4c(c3)C3(c5ccccc5-c5ccccc53)c3ccccc3-4)cc2)cc1. The van der Waals surface area contributed by atoms with Crippen LogP contribution in [0.3, 0.4) is 0 Å². The number of anilines is 2. The van der Waals surface area contributed by atoms with Crippen molar-refractivity contribution in [2.45, 2.75) is 12.0 Å². The average molecular weight is 815 g/mol. The summed E-state index contributed by atoms with van der Waals surface area (Å²) in [5, 5.41) is 2.51. The van der Waals surface area contributed by atoms with Crippen molar-refractivity contribution in [3.63, 3.8) is 0 Å². The Balaban J connectivity index is 0.994. The van der Waals surface area contributed by atoms with Crippen LogP contribution >= 0.6 is 0 Å². The number of para-hydroxylation sites is 2. The van der Waals surface area contributed by atoms with Crippen LogP contribution in [-0.4, -0.2) is 4.57 Å². The molecule has 0 radical (unpaired) electrons. The molecule has 13 rings (SSSR count). The summed E-state index contributed by atoms with van der Waals surface area (Å²) >= 11 is 0. The van der Waals surface area contributed by atoms with E-state index in [2.05, 4.69) is 252 Å². The van der Waals surface area contributed by atoms with Crippen molar-refractivity contribution in [3.05, 3.63) is 270 Å². The molecule has 0 bridgehead atoms. The normalized spacial score (nSPS) is 12.9. The highest BCUT2D eigenvalue weighted by molar-refractivity contribution is 6.10. The lowest BCUT2D eigenvalue weighted by molar-refractivity contribution is 0.792. The summed E-state index contributed by atoms with van der Waals surface area (Å²) in [6.45, 7) is 0.673. The second kappa shape index (κ2) is 14.4. The first-order valence-corrected chi connectivity index (χ1v) is 22.3. The first-order chi connectivity index (χ1) is 31.8. The van der Waals surface area contributed by atoms with Crippen LogP contribution in [0.15, 0.2) is 243 Å². The molecular formula is C62H42N2. The minimum atomic E-state index is -0.428. The molecule has 0 amide bonds. The average Bonchev–Trinajstić information content (AvgIpc) is 3.98. The Labute approximate surface area is 373 Å². The van der Waals surface area contributed by atoms with E-state index in [1.807, 2.05) is 0 Å². The second-order valence-corrected chi connectivity index (χ2v) is 17.2. The van der Waals surface area contributed by atoms with Gasteiger partial charge < -0.3 is 9.47 Å². The molecule has 0 saturated heterocycles. The molecule has 300 valence electrons. The Bertz CT molecular complexity index is 3520. The lowest BCUT2D eigenvalue weighted by Gasteiger charge is -2.32. The van der Waals surface area contributed by atoms with Gasteiger partial charge >= 0.3 is 0 Å². The topological polar surface area (TPSA) is 8.17 Å². The van der Waals surface area contributed by atoms with Gasteiger partial charge in [-0.25, -0.2) is 0 Å². The molecule has 0 aliphatic heterocycles. The second-order valence-electron chi connectivity index (χ2n) is 17.2. The van der Waals surface area contributed by atoms with E-state index in [1.54, 1.807) is 0 Å². The molecule has 1 spiro atoms. The van der Waals surface area contributed by atoms with Gasteiger partial charge in [0.25, 0.3) is 0 Å². The third-order valence-corrected chi connectivity index (χ3v) is 13.9. The van der Waals surface area contributed by atoms with Gasteiger partial charge in [0.2, 0.25) is 0 Å². The molecule has 0 saturated carbocycles. The molecule has 0 unspecified atom stereocenters. The highest BCUT2D eigenvalue weighted by Crippen LogP contribution is 2.63. The number of hydrogen-bond acceptors (Lipinski definition) is 1. The maximum Gasteiger partial charge on any atom is 0.0726 e. The van der Waals surface area contributed by atoms with E-state index < -0.39 is 5.41 Å². The number of aromatic nitrogens is 1. The van der Waals surface area contributed by atoms with Gasteiger partial charge in [0, 0.05) is 34.4 Å². The van der Waals surface area contributed by atoms with Crippen LogP contribution < -0.4 is 4.90 Å². The fourth-order valence-corrected chi connectivity index (χ4v) is 11.2. The molecule has 2 heteroatoms. The lowest BCUT2D eigenvalue weighted by Crippen LogP contribution is -2.26. The Hall–Kier alpha value is -8.20. The van der Waals surface area contributed by atoms with E-state index in [0.29, 0.717) is 6.54 Å². The van der Waals surface area contributed by atoms with Crippen molar-refractivity contribution in [1.29, 1.82) is 0 Å². The highest BCUT2D eigenvalue weighted by atomic mass is 15.1. The Morgan fingerprint density at radius 2 is 0.828 bits per heavy atom. The molecule has 1 aromatic heterocycles. The quantitative estimate of drug-likeness (QED) is 0.156. The molecule has 0 N–H and O–H groups in total. The van der Waals surface area contributed by atoms with E-state index in [-0.39, 0.29) is 0 Å². The lowest BCUT2D eigenvalue weighted by atomic mass is 9.70. The molecule has 2 aliphatic rings. The molecule has 10 aromatic carbocycles. The molecule has 0 fully saturated rings. The van der Waals surface area contributed by atoms with Gasteiger partial charge in [0.1, 0.15) is 0 Å². The fraction of sp³-hybridized carbons (Fsp3) is 0.0323. The Kier molecular flexibility index (Phi) is 8.23. The van der Waals surface area contributed by atoms with E-state index >= 15 is 0 Å². The van der Waals surface area contributed by atoms with E-state index in [0.717, 1.165) is 17.1 Å². The summed E-state index contributed by atoms with van der Waals surface area (Å²) in [6, 6.07) is 89.8. The third-order valence-electron chi connectivity index (χ3n) is 13.9. The zero-order chi connectivity index (χ0) is 42.2. The zero-order valence-electron chi connectivity index (χ0n) is 35.2. The van der Waals surface area contributed by atoms with Gasteiger partial charge in [-0.3, -0.25) is 0 Å². The summed E-state index contributed by atoms with van der Waals surface area (Å²) < 4.78 is 2.41. The Morgan fingerprint density at radius 1 is 0.328 bits per heavy atom. The number of hydrogen-bond donors (Lipinski definition) is 0. The summed E-state index contributed by atoms with van der Waals surface area (Å²) in [7, 11) is 0. The summed E-state index contributed by atoms with van der Waals surface area (Å²) in [5.74, 6) is 0. The number of fused-ring (bicyclic) bond motifs is 13. The van der Waals surface area contributed by atoms with Gasteiger partial charge in [0.05, 0.1) is 16.4 Å². The van der Waals surface area contributed by atoms with Gasteiger partial charge in [-0.1, -0.05) is 194 Å². The van der Waals surface area contributed by atoms with Crippen molar-refractivity contribution >= 4 is 33.2 Å². The van der Waals surface area contributed by atoms with E-state index in [1.165, 1.54) is 94.1 Å². The fourth-order valence-electron chi connectivity index (χ4n) is 11.2. The summed E-state index contributed by atoms with van der Waals surface area (Å²) in [5.41, 5.74) is 22.2. The van der Waals surface area contributed by atoms with Crippen molar-refractivity contribution < 1.29 is 0 Å². The first kappa shape index (κ1) is 36.5. The van der Waals surface area contributed by atoms with Crippen molar-refractivity contribution in [3.8, 4) is 50.2 Å². The number of nitrogens with zero attached hydrogens (tertiary/aromatic N) is 2. The van der Waals surface area contributed by atoms with Crippen LogP contribution in [0.2, 0.25) is 0 Å². The highest BCUT2D eigenvalue weighted by Gasteiger charge is 2.51. The van der Waals surface area contributed by atoms with Gasteiger partial charge in [-0.05, 0) is 121 Å². The standard InChI is InChI=1S/C62H42N2/c1-3-17-42(18-4-1)43-31-34-46(35-32-43)63(41-45-19-7-8-22-49(45)44-33-37-55-54-26-12-16-30-60(54)64(61(55)39-44)47-20-5-2-6-21-47)48-36-38-53-52-25-11-15-29-58(52)62(59(53)40-48)56-27-13-9-23-50(56)51-24-10-14-28-57(51)62/h1-40H,41H2. The zero-order valence-corrected chi connectivity index (χ0v) is 35.2. The molecule has 64 heavy (non-hydrogen) atoms. The minimum absolute atomic E-state index is 0.428. The van der Waals surface area contributed by atoms with Crippen LogP contribution in [-0.2, 0) is 12.0 Å². The van der Waals surface area contributed by atoms with E-state index in [9.17, 15) is 0 Å². The first-order valence-electron chi connectivity index (χ1n) is 22.3. The van der Waals surface area contributed by atoms with Crippen molar-refractivity contribution in [2.75, 3.05) is 4.90 Å². The Morgan fingerprint density at radius 3 is 1.52 bits per heavy atom. The third kappa shape index (κ3) is 5.39. The predicted molar refractivity (Wildman–Crippen MR) is 267 cm³/mol. The molecule has 0 atom stereocenters. The predicted octanol–water partition coefficient (Wildman–Crippen LogP) is 15.8. The van der Waals surface area contributed by atoms with Crippen molar-refractivity contribution in [1.82, 2.24) is 4.57 Å². The molecule has 1 heterocycles. The summed E-state index contributed by atoms with van der Waals surface area (Å²) in [6.07, 6.45) is 0. The van der Waals surface area contributed by atoms with Crippen LogP contribution in [0.1, 0.15) is 27.8 Å². The van der Waals surface area contributed by atoms with Gasteiger partial charge in [-0.2, -0.15) is 0 Å². The molecule has 2 nitrogen and oxygen atoms in total. The molecule has 2 aliphatic carbocycles. The minimum Gasteiger partial charge on any atom is -0.337 e.